The largest absolute Gasteiger partial charge is 0.350 e. The fourth-order valence-electron chi connectivity index (χ4n) is 1.54. The topological polar surface area (TPSA) is 49.4 Å². The van der Waals surface area contributed by atoms with Crippen LogP contribution in [0.3, 0.4) is 0 Å². The maximum absolute atomic E-state index is 11.8. The molecule has 1 N–H and O–H groups in total. The molecule has 5 heteroatoms. The maximum atomic E-state index is 11.8. The van der Waals surface area contributed by atoms with Gasteiger partial charge in [-0.1, -0.05) is 17.7 Å². The monoisotopic (exact) mass is 280 g/mol. The van der Waals surface area contributed by atoms with E-state index < -0.39 is 0 Å². The summed E-state index contributed by atoms with van der Waals surface area (Å²) >= 11 is 5.75. The Labute approximate surface area is 118 Å². The van der Waals surface area contributed by atoms with Crippen molar-refractivity contribution < 1.29 is 9.59 Å². The molecular formula is C14H17ClN2O2. The zero-order valence-corrected chi connectivity index (χ0v) is 11.6. The van der Waals surface area contributed by atoms with E-state index in [1.54, 1.807) is 35.2 Å². The van der Waals surface area contributed by atoms with Gasteiger partial charge in [-0.15, -0.1) is 6.58 Å². The molecule has 0 radical (unpaired) electrons. The van der Waals surface area contributed by atoms with Crippen LogP contribution in [-0.4, -0.2) is 36.3 Å². The van der Waals surface area contributed by atoms with Crippen LogP contribution in [0.15, 0.2) is 36.9 Å². The van der Waals surface area contributed by atoms with Gasteiger partial charge in [-0.2, -0.15) is 0 Å². The van der Waals surface area contributed by atoms with Crippen molar-refractivity contribution in [3.63, 3.8) is 0 Å². The summed E-state index contributed by atoms with van der Waals surface area (Å²) in [6, 6.07) is 6.64. The van der Waals surface area contributed by atoms with Crippen molar-refractivity contribution in [3.8, 4) is 0 Å². The number of carbonyl (C=O) groups excluding carboxylic acids is 2. The van der Waals surface area contributed by atoms with Gasteiger partial charge in [0.1, 0.15) is 0 Å². The van der Waals surface area contributed by atoms with Gasteiger partial charge in [-0.25, -0.2) is 0 Å². The molecule has 0 aliphatic heterocycles. The van der Waals surface area contributed by atoms with E-state index in [0.717, 1.165) is 0 Å². The predicted octanol–water partition coefficient (Wildman–Crippen LogP) is 2.10. The molecule has 0 fully saturated rings. The molecule has 0 aliphatic rings. The van der Waals surface area contributed by atoms with Crippen LogP contribution in [0, 0.1) is 0 Å². The van der Waals surface area contributed by atoms with Crippen LogP contribution >= 0.6 is 11.6 Å². The van der Waals surface area contributed by atoms with Crippen LogP contribution in [-0.2, 0) is 4.79 Å². The summed E-state index contributed by atoms with van der Waals surface area (Å²) in [6.45, 7) is 6.41. The fraction of sp³-hybridized carbons (Fsp3) is 0.286. The van der Waals surface area contributed by atoms with E-state index in [9.17, 15) is 9.59 Å². The van der Waals surface area contributed by atoms with E-state index in [4.69, 9.17) is 11.6 Å². The van der Waals surface area contributed by atoms with E-state index in [1.165, 1.54) is 6.92 Å². The Bertz CT molecular complexity index is 457. The lowest BCUT2D eigenvalue weighted by Crippen LogP contribution is -2.37. The molecule has 2 amide bonds. The van der Waals surface area contributed by atoms with E-state index in [-0.39, 0.29) is 11.8 Å². The first-order valence-electron chi connectivity index (χ1n) is 5.94. The lowest BCUT2D eigenvalue weighted by molar-refractivity contribution is -0.128. The van der Waals surface area contributed by atoms with Crippen LogP contribution in [0.5, 0.6) is 0 Å². The number of hydrogen-bond donors (Lipinski definition) is 1. The first-order valence-corrected chi connectivity index (χ1v) is 6.32. The highest BCUT2D eigenvalue weighted by atomic mass is 35.5. The van der Waals surface area contributed by atoms with Crippen LogP contribution in [0.1, 0.15) is 17.3 Å². The number of carbonyl (C=O) groups is 2. The van der Waals surface area contributed by atoms with E-state index in [0.29, 0.717) is 30.2 Å². The molecule has 4 nitrogen and oxygen atoms in total. The van der Waals surface area contributed by atoms with Crippen molar-refractivity contribution >= 4 is 23.4 Å². The third-order valence-electron chi connectivity index (χ3n) is 2.57. The quantitative estimate of drug-likeness (QED) is 0.812. The first kappa shape index (κ1) is 15.2. The molecule has 0 saturated heterocycles. The molecule has 0 aliphatic carbocycles. The number of nitrogens with zero attached hydrogens (tertiary/aromatic N) is 1. The minimum Gasteiger partial charge on any atom is -0.350 e. The van der Waals surface area contributed by atoms with Crippen molar-refractivity contribution in [1.29, 1.82) is 0 Å². The van der Waals surface area contributed by atoms with Crippen LogP contribution in [0.25, 0.3) is 0 Å². The second-order valence-electron chi connectivity index (χ2n) is 4.02. The number of rotatable bonds is 6. The number of hydrogen-bond acceptors (Lipinski definition) is 2. The number of benzene rings is 1. The average Bonchev–Trinajstić information content (AvgIpc) is 2.38. The molecular weight excluding hydrogens is 264 g/mol. The molecule has 1 rings (SSSR count). The standard InChI is InChI=1S/C14H17ClN2O2/c1-3-9-17(11(2)18)10-8-16-14(19)12-4-6-13(15)7-5-12/h3-7H,1,8-10H2,2H3,(H,16,19). The number of halogens is 1. The normalized spacial score (nSPS) is 9.79. The van der Waals surface area contributed by atoms with Gasteiger partial charge in [0, 0.05) is 37.1 Å². The number of amides is 2. The Morgan fingerprint density at radius 2 is 2.00 bits per heavy atom. The first-order chi connectivity index (χ1) is 9.04. The molecule has 0 heterocycles. The van der Waals surface area contributed by atoms with Crippen molar-refractivity contribution in [3.05, 3.63) is 47.5 Å². The molecule has 1 aromatic rings. The second-order valence-corrected chi connectivity index (χ2v) is 4.45. The summed E-state index contributed by atoms with van der Waals surface area (Å²) in [5, 5.41) is 3.34. The van der Waals surface area contributed by atoms with Gasteiger partial charge < -0.3 is 10.2 Å². The summed E-state index contributed by atoms with van der Waals surface area (Å²) in [6.07, 6.45) is 1.66. The molecule has 0 atom stereocenters. The van der Waals surface area contributed by atoms with Crippen LogP contribution in [0.4, 0.5) is 0 Å². The minimum absolute atomic E-state index is 0.0411. The van der Waals surface area contributed by atoms with E-state index >= 15 is 0 Å². The van der Waals surface area contributed by atoms with Gasteiger partial charge in [-0.05, 0) is 24.3 Å². The van der Waals surface area contributed by atoms with Gasteiger partial charge >= 0.3 is 0 Å². The summed E-state index contributed by atoms with van der Waals surface area (Å²) in [5.41, 5.74) is 0.544. The summed E-state index contributed by atoms with van der Waals surface area (Å²) in [7, 11) is 0. The summed E-state index contributed by atoms with van der Waals surface area (Å²) < 4.78 is 0. The molecule has 0 spiro atoms. The third-order valence-corrected chi connectivity index (χ3v) is 2.82. The highest BCUT2D eigenvalue weighted by Gasteiger charge is 2.08. The lowest BCUT2D eigenvalue weighted by Gasteiger charge is -2.19. The third kappa shape index (κ3) is 5.14. The molecule has 0 bridgehead atoms. The molecule has 0 aromatic heterocycles. The zero-order chi connectivity index (χ0) is 14.3. The maximum Gasteiger partial charge on any atom is 0.251 e. The molecule has 102 valence electrons. The Kier molecular flexibility index (Phi) is 6.09. The van der Waals surface area contributed by atoms with Gasteiger partial charge in [0.2, 0.25) is 5.91 Å². The van der Waals surface area contributed by atoms with Crippen LogP contribution in [0.2, 0.25) is 5.02 Å². The average molecular weight is 281 g/mol. The molecule has 1 aromatic carbocycles. The molecule has 0 unspecified atom stereocenters. The van der Waals surface area contributed by atoms with E-state index in [1.807, 2.05) is 0 Å². The Morgan fingerprint density at radius 1 is 1.37 bits per heavy atom. The smallest absolute Gasteiger partial charge is 0.251 e. The van der Waals surface area contributed by atoms with E-state index in [2.05, 4.69) is 11.9 Å². The Morgan fingerprint density at radius 3 is 2.53 bits per heavy atom. The SMILES string of the molecule is C=CCN(CCNC(=O)c1ccc(Cl)cc1)C(C)=O. The Balaban J connectivity index is 2.43. The molecule has 0 saturated carbocycles. The summed E-state index contributed by atoms with van der Waals surface area (Å²) in [4.78, 5) is 24.7. The van der Waals surface area contributed by atoms with Crippen molar-refractivity contribution in [2.75, 3.05) is 19.6 Å². The molecule has 19 heavy (non-hydrogen) atoms. The van der Waals surface area contributed by atoms with Crippen molar-refractivity contribution in [2.45, 2.75) is 6.92 Å². The van der Waals surface area contributed by atoms with Gasteiger partial charge in [0.05, 0.1) is 0 Å². The highest BCUT2D eigenvalue weighted by Crippen LogP contribution is 2.09. The van der Waals surface area contributed by atoms with Crippen LogP contribution < -0.4 is 5.32 Å². The van der Waals surface area contributed by atoms with Gasteiger partial charge in [-0.3, -0.25) is 9.59 Å². The second kappa shape index (κ2) is 7.59. The van der Waals surface area contributed by atoms with Crippen molar-refractivity contribution in [2.24, 2.45) is 0 Å². The zero-order valence-electron chi connectivity index (χ0n) is 10.9. The van der Waals surface area contributed by atoms with Gasteiger partial charge in [0.25, 0.3) is 5.91 Å². The highest BCUT2D eigenvalue weighted by molar-refractivity contribution is 6.30. The fourth-order valence-corrected chi connectivity index (χ4v) is 1.67. The predicted molar refractivity (Wildman–Crippen MR) is 76.2 cm³/mol. The Hall–Kier alpha value is -1.81. The summed E-state index contributed by atoms with van der Waals surface area (Å²) in [5.74, 6) is -0.223. The lowest BCUT2D eigenvalue weighted by atomic mass is 10.2. The van der Waals surface area contributed by atoms with Gasteiger partial charge in [0.15, 0.2) is 0 Å². The number of nitrogens with one attached hydrogen (secondary N) is 1. The van der Waals surface area contributed by atoms with Crippen molar-refractivity contribution in [1.82, 2.24) is 10.2 Å². The minimum atomic E-state index is -0.182.